The summed E-state index contributed by atoms with van der Waals surface area (Å²) in [5.41, 5.74) is 0.930. The molecule has 1 aromatic rings. The predicted molar refractivity (Wildman–Crippen MR) is 74.8 cm³/mol. The predicted octanol–water partition coefficient (Wildman–Crippen LogP) is 1.78. The maximum atomic E-state index is 11.6. The third kappa shape index (κ3) is 6.78. The van der Waals surface area contributed by atoms with E-state index in [9.17, 15) is 13.2 Å². The van der Waals surface area contributed by atoms with Crippen LogP contribution in [0.4, 0.5) is 0 Å². The van der Waals surface area contributed by atoms with E-state index < -0.39 is 10.0 Å². The van der Waals surface area contributed by atoms with Gasteiger partial charge in [0.05, 0.1) is 5.75 Å². The second-order valence-corrected chi connectivity index (χ2v) is 7.02. The third-order valence-electron chi connectivity index (χ3n) is 2.20. The number of rotatable bonds is 7. The van der Waals surface area contributed by atoms with E-state index >= 15 is 0 Å². The summed E-state index contributed by atoms with van der Waals surface area (Å²) >= 11 is 1.16. The van der Waals surface area contributed by atoms with Gasteiger partial charge in [-0.25, -0.2) is 13.1 Å². The molecule has 4 nitrogen and oxygen atoms in total. The normalized spacial score (nSPS) is 11.4. The van der Waals surface area contributed by atoms with Crippen molar-refractivity contribution in [2.24, 2.45) is 0 Å². The Bertz CT molecular complexity index is 471. The Labute approximate surface area is 112 Å². The van der Waals surface area contributed by atoms with Crippen LogP contribution < -0.4 is 4.72 Å². The molecule has 1 rings (SSSR count). The second-order valence-electron chi connectivity index (χ2n) is 3.82. The molecule has 0 fully saturated rings. The van der Waals surface area contributed by atoms with Gasteiger partial charge in [-0.05, 0) is 12.0 Å². The highest BCUT2D eigenvalue weighted by molar-refractivity contribution is 8.13. The zero-order valence-corrected chi connectivity index (χ0v) is 11.9. The number of benzene rings is 1. The van der Waals surface area contributed by atoms with Crippen molar-refractivity contribution in [3.8, 4) is 0 Å². The van der Waals surface area contributed by atoms with Gasteiger partial charge in [0.25, 0.3) is 0 Å². The summed E-state index contributed by atoms with van der Waals surface area (Å²) in [7, 11) is -3.25. The van der Waals surface area contributed by atoms with Crippen LogP contribution >= 0.6 is 11.8 Å². The van der Waals surface area contributed by atoms with Crippen molar-refractivity contribution >= 4 is 26.9 Å². The highest BCUT2D eigenvalue weighted by atomic mass is 32.2. The average Bonchev–Trinajstić information content (AvgIpc) is 2.34. The van der Waals surface area contributed by atoms with Crippen molar-refractivity contribution < 1.29 is 13.2 Å². The van der Waals surface area contributed by atoms with Crippen molar-refractivity contribution in [2.45, 2.75) is 19.9 Å². The molecule has 0 bridgehead atoms. The molecule has 0 spiro atoms. The van der Waals surface area contributed by atoms with Crippen molar-refractivity contribution in [3.63, 3.8) is 0 Å². The van der Waals surface area contributed by atoms with Crippen molar-refractivity contribution in [2.75, 3.05) is 11.5 Å². The number of sulfonamides is 1. The summed E-state index contributed by atoms with van der Waals surface area (Å²) in [5.74, 6) is 0.599. The molecule has 1 aromatic carbocycles. The Morgan fingerprint density at radius 1 is 1.28 bits per heavy atom. The molecule has 0 amide bonds. The molecule has 0 aliphatic carbocycles. The Hall–Kier alpha value is -0.850. The third-order valence-corrected chi connectivity index (χ3v) is 4.51. The van der Waals surface area contributed by atoms with Gasteiger partial charge in [0.1, 0.15) is 0 Å². The number of nitrogens with one attached hydrogen (secondary N) is 1. The topological polar surface area (TPSA) is 63.2 Å². The molecule has 6 heteroatoms. The lowest BCUT2D eigenvalue weighted by Crippen LogP contribution is -2.26. The van der Waals surface area contributed by atoms with Gasteiger partial charge in [-0.2, -0.15) is 0 Å². The van der Waals surface area contributed by atoms with Crippen molar-refractivity contribution in [3.05, 3.63) is 35.9 Å². The van der Waals surface area contributed by atoms with E-state index in [0.29, 0.717) is 18.7 Å². The quantitative estimate of drug-likeness (QED) is 0.776. The minimum atomic E-state index is -3.25. The highest BCUT2D eigenvalue weighted by Crippen LogP contribution is 2.05. The molecular formula is C12H17NO3S2. The van der Waals surface area contributed by atoms with Gasteiger partial charge in [0.2, 0.25) is 10.0 Å². The number of hydrogen-bond donors (Lipinski definition) is 1. The number of carbonyl (C=O) groups is 1. The zero-order chi connectivity index (χ0) is 13.4. The van der Waals surface area contributed by atoms with E-state index in [1.165, 1.54) is 6.92 Å². The highest BCUT2D eigenvalue weighted by Gasteiger charge is 2.09. The van der Waals surface area contributed by atoms with E-state index in [4.69, 9.17) is 0 Å². The van der Waals surface area contributed by atoms with Crippen molar-refractivity contribution in [1.29, 1.82) is 0 Å². The first-order valence-electron chi connectivity index (χ1n) is 5.64. The molecule has 1 N–H and O–H groups in total. The van der Waals surface area contributed by atoms with E-state index in [1.54, 1.807) is 0 Å². The van der Waals surface area contributed by atoms with E-state index in [0.717, 1.165) is 17.3 Å². The average molecular weight is 287 g/mol. The van der Waals surface area contributed by atoms with Crippen LogP contribution in [0, 0.1) is 0 Å². The molecule has 0 radical (unpaired) electrons. The Balaban J connectivity index is 2.30. The molecule has 0 aliphatic heterocycles. The van der Waals surface area contributed by atoms with Crippen LogP contribution in [0.2, 0.25) is 0 Å². The van der Waals surface area contributed by atoms with Crippen LogP contribution in [0.25, 0.3) is 0 Å². The standard InChI is InChI=1S/C12H17NO3S2/c1-11(14)17-8-5-9-18(15,16)13-10-12-6-3-2-4-7-12/h2-4,6-7,13H,5,8-10H2,1H3. The van der Waals surface area contributed by atoms with Gasteiger partial charge in [-0.15, -0.1) is 0 Å². The monoisotopic (exact) mass is 287 g/mol. The lowest BCUT2D eigenvalue weighted by atomic mass is 10.2. The summed E-state index contributed by atoms with van der Waals surface area (Å²) in [6, 6.07) is 9.36. The van der Waals surface area contributed by atoms with Gasteiger partial charge in [0.15, 0.2) is 5.12 Å². The number of thioether (sulfide) groups is 1. The van der Waals surface area contributed by atoms with Crippen LogP contribution in [0.1, 0.15) is 18.9 Å². The van der Waals surface area contributed by atoms with Gasteiger partial charge < -0.3 is 0 Å². The summed E-state index contributed by atoms with van der Waals surface area (Å²) < 4.78 is 25.8. The van der Waals surface area contributed by atoms with Gasteiger partial charge >= 0.3 is 0 Å². The molecule has 18 heavy (non-hydrogen) atoms. The molecule has 0 heterocycles. The first-order chi connectivity index (χ1) is 8.49. The minimum absolute atomic E-state index is 0.0182. The summed E-state index contributed by atoms with van der Waals surface area (Å²) in [6.45, 7) is 1.79. The van der Waals surface area contributed by atoms with Crippen molar-refractivity contribution in [1.82, 2.24) is 4.72 Å². The maximum Gasteiger partial charge on any atom is 0.211 e. The molecule has 0 saturated carbocycles. The number of carbonyl (C=O) groups excluding carboxylic acids is 1. The summed E-state index contributed by atoms with van der Waals surface area (Å²) in [4.78, 5) is 10.7. The molecule has 0 atom stereocenters. The first-order valence-corrected chi connectivity index (χ1v) is 8.28. The van der Waals surface area contributed by atoms with Gasteiger partial charge in [-0.3, -0.25) is 4.79 Å². The SMILES string of the molecule is CC(=O)SCCCS(=O)(=O)NCc1ccccc1. The Morgan fingerprint density at radius 2 is 1.94 bits per heavy atom. The van der Waals surface area contributed by atoms with Crippen LogP contribution in [0.15, 0.2) is 30.3 Å². The van der Waals surface area contributed by atoms with Crippen LogP contribution in [-0.2, 0) is 21.4 Å². The molecule has 0 aromatic heterocycles. The minimum Gasteiger partial charge on any atom is -0.288 e. The molecule has 100 valence electrons. The van der Waals surface area contributed by atoms with Gasteiger partial charge in [-0.1, -0.05) is 42.1 Å². The smallest absolute Gasteiger partial charge is 0.211 e. The fourth-order valence-electron chi connectivity index (χ4n) is 1.33. The fraction of sp³-hybridized carbons (Fsp3) is 0.417. The van der Waals surface area contributed by atoms with Crippen LogP contribution in [-0.4, -0.2) is 25.0 Å². The lowest BCUT2D eigenvalue weighted by Gasteiger charge is -2.06. The van der Waals surface area contributed by atoms with E-state index in [1.807, 2.05) is 30.3 Å². The largest absolute Gasteiger partial charge is 0.288 e. The fourth-order valence-corrected chi connectivity index (χ4v) is 3.14. The van der Waals surface area contributed by atoms with E-state index in [2.05, 4.69) is 4.72 Å². The zero-order valence-electron chi connectivity index (χ0n) is 10.3. The first kappa shape index (κ1) is 15.2. The maximum absolute atomic E-state index is 11.6. The Morgan fingerprint density at radius 3 is 2.56 bits per heavy atom. The van der Waals surface area contributed by atoms with E-state index in [-0.39, 0.29) is 10.9 Å². The second kappa shape index (κ2) is 7.56. The molecule has 0 aliphatic rings. The molecule has 0 saturated heterocycles. The van der Waals surface area contributed by atoms with Gasteiger partial charge in [0, 0.05) is 19.2 Å². The summed E-state index contributed by atoms with van der Waals surface area (Å²) in [5, 5.41) is 0.0182. The number of hydrogen-bond acceptors (Lipinski definition) is 4. The molecule has 0 unspecified atom stereocenters. The Kier molecular flexibility index (Phi) is 6.38. The summed E-state index contributed by atoms with van der Waals surface area (Å²) in [6.07, 6.45) is 0.481. The lowest BCUT2D eigenvalue weighted by molar-refractivity contribution is -0.109. The van der Waals surface area contributed by atoms with Crippen LogP contribution in [0.5, 0.6) is 0 Å². The molecular weight excluding hydrogens is 270 g/mol. The van der Waals surface area contributed by atoms with Crippen LogP contribution in [0.3, 0.4) is 0 Å².